The maximum Gasteiger partial charge on any atom is 0.151 e. The summed E-state index contributed by atoms with van der Waals surface area (Å²) in [5, 5.41) is 1.12. The van der Waals surface area contributed by atoms with Gasteiger partial charge in [0.1, 0.15) is 0 Å². The van der Waals surface area contributed by atoms with E-state index in [9.17, 15) is 0 Å². The molecule has 3 heterocycles. The molecule has 0 aliphatic carbocycles. The normalized spacial score (nSPS) is 13.1. The first-order chi connectivity index (χ1) is 16.7. The molecule has 1 aliphatic rings. The van der Waals surface area contributed by atoms with E-state index in [2.05, 4.69) is 91.3 Å². The summed E-state index contributed by atoms with van der Waals surface area (Å²) in [5.74, 6) is 0. The average Bonchev–Trinajstić information content (AvgIpc) is 3.28. The van der Waals surface area contributed by atoms with Crippen LogP contribution in [0.4, 0.5) is 5.69 Å². The first kappa shape index (κ1) is 26.3. The highest BCUT2D eigenvalue weighted by Gasteiger charge is 2.16. The minimum Gasteiger partial charge on any atom is -0.378 e. The summed E-state index contributed by atoms with van der Waals surface area (Å²) in [6.45, 7) is 13.6. The monoisotopic (exact) mass is 539 g/mol. The Balaban J connectivity index is 0.000000771. The van der Waals surface area contributed by atoms with Crippen molar-refractivity contribution < 1.29 is 4.74 Å². The summed E-state index contributed by atoms with van der Waals surface area (Å²) >= 11 is 5.40. The first-order valence-electron chi connectivity index (χ1n) is 12.0. The SMILES string of the molecule is CC.CC.Cc1ccc(Sn2c(-c3ccc(N4CCOCC4)cc3)cc3c(Br)ccnc32)cc1. The van der Waals surface area contributed by atoms with Crippen molar-refractivity contribution in [3.63, 3.8) is 0 Å². The van der Waals surface area contributed by atoms with Gasteiger partial charge in [-0.2, -0.15) is 0 Å². The third-order valence-electron chi connectivity index (χ3n) is 5.37. The number of ether oxygens (including phenoxy) is 1. The molecule has 180 valence electrons. The van der Waals surface area contributed by atoms with Gasteiger partial charge in [0.25, 0.3) is 0 Å². The smallest absolute Gasteiger partial charge is 0.151 e. The predicted molar refractivity (Wildman–Crippen MR) is 151 cm³/mol. The Hall–Kier alpha value is -2.28. The van der Waals surface area contributed by atoms with E-state index in [1.54, 1.807) is 11.9 Å². The van der Waals surface area contributed by atoms with Crippen molar-refractivity contribution >= 4 is 44.6 Å². The number of anilines is 1. The van der Waals surface area contributed by atoms with Crippen LogP contribution in [-0.4, -0.2) is 35.3 Å². The number of nitrogens with zero attached hydrogens (tertiary/aromatic N) is 3. The molecule has 6 heteroatoms. The molecule has 0 amide bonds. The van der Waals surface area contributed by atoms with Crippen molar-refractivity contribution in [1.29, 1.82) is 0 Å². The van der Waals surface area contributed by atoms with Gasteiger partial charge < -0.3 is 9.64 Å². The molecular weight excluding hydrogens is 506 g/mol. The number of pyridine rings is 1. The van der Waals surface area contributed by atoms with Crippen LogP contribution in [0.5, 0.6) is 0 Å². The van der Waals surface area contributed by atoms with Gasteiger partial charge in [0.2, 0.25) is 0 Å². The lowest BCUT2D eigenvalue weighted by molar-refractivity contribution is 0.122. The van der Waals surface area contributed by atoms with Crippen molar-refractivity contribution in [2.45, 2.75) is 39.5 Å². The number of benzene rings is 2. The zero-order valence-electron chi connectivity index (χ0n) is 20.7. The van der Waals surface area contributed by atoms with Gasteiger partial charge in [-0.25, -0.2) is 4.98 Å². The molecule has 2 aromatic heterocycles. The molecule has 0 atom stereocenters. The number of fused-ring (bicyclic) bond motifs is 1. The van der Waals surface area contributed by atoms with Gasteiger partial charge in [-0.05, 0) is 76.8 Å². The van der Waals surface area contributed by atoms with E-state index in [1.165, 1.54) is 21.7 Å². The highest BCUT2D eigenvalue weighted by molar-refractivity contribution is 9.10. The van der Waals surface area contributed by atoms with Crippen LogP contribution in [0.2, 0.25) is 0 Å². The van der Waals surface area contributed by atoms with Crippen LogP contribution in [0.25, 0.3) is 22.3 Å². The van der Waals surface area contributed by atoms with E-state index < -0.39 is 0 Å². The van der Waals surface area contributed by atoms with Gasteiger partial charge in [0.15, 0.2) is 5.65 Å². The average molecular weight is 541 g/mol. The Labute approximate surface area is 216 Å². The third kappa shape index (κ3) is 6.04. The fourth-order valence-electron chi connectivity index (χ4n) is 3.71. The lowest BCUT2D eigenvalue weighted by Gasteiger charge is -2.28. The number of aromatic nitrogens is 2. The second-order valence-corrected chi connectivity index (χ2v) is 9.28. The standard InChI is InChI=1S/C24H22BrN3OS.2C2H6/c1-17-2-8-20(9-3-17)30-28-23(16-21-22(25)10-11-26-24(21)28)18-4-6-19(7-5-18)27-12-14-29-15-13-27;2*1-2/h2-11,16H,12-15H2,1H3;2*1-2H3. The van der Waals surface area contributed by atoms with E-state index in [-0.39, 0.29) is 0 Å². The Kier molecular flexibility index (Phi) is 10.1. The fraction of sp³-hybridized carbons (Fsp3) is 0.321. The first-order valence-corrected chi connectivity index (χ1v) is 13.6. The van der Waals surface area contributed by atoms with Gasteiger partial charge in [0, 0.05) is 39.7 Å². The zero-order valence-corrected chi connectivity index (χ0v) is 23.1. The van der Waals surface area contributed by atoms with Crippen LogP contribution < -0.4 is 4.90 Å². The van der Waals surface area contributed by atoms with E-state index in [1.807, 2.05) is 40.0 Å². The minimum atomic E-state index is 0.795. The highest BCUT2D eigenvalue weighted by Crippen LogP contribution is 2.37. The van der Waals surface area contributed by atoms with Crippen LogP contribution >= 0.6 is 27.9 Å². The van der Waals surface area contributed by atoms with Crippen molar-refractivity contribution in [2.75, 3.05) is 31.2 Å². The Bertz CT molecular complexity index is 1170. The number of hydrogen-bond donors (Lipinski definition) is 0. The summed E-state index contributed by atoms with van der Waals surface area (Å²) in [7, 11) is 0. The Morgan fingerprint density at radius 2 is 1.53 bits per heavy atom. The molecule has 0 unspecified atom stereocenters. The molecule has 0 radical (unpaired) electrons. The maximum absolute atomic E-state index is 5.48. The Morgan fingerprint density at radius 1 is 0.882 bits per heavy atom. The fourth-order valence-corrected chi connectivity index (χ4v) is 5.07. The van der Waals surface area contributed by atoms with Crippen LogP contribution in [0.3, 0.4) is 0 Å². The molecule has 34 heavy (non-hydrogen) atoms. The topological polar surface area (TPSA) is 30.3 Å². The molecule has 4 aromatic rings. The maximum atomic E-state index is 5.48. The molecular formula is C28H34BrN3OS. The number of halogens is 1. The van der Waals surface area contributed by atoms with Crippen molar-refractivity contribution in [1.82, 2.24) is 8.96 Å². The van der Waals surface area contributed by atoms with Crippen molar-refractivity contribution in [2.24, 2.45) is 0 Å². The van der Waals surface area contributed by atoms with Crippen molar-refractivity contribution in [3.8, 4) is 11.3 Å². The second-order valence-electron chi connectivity index (χ2n) is 7.40. The number of morpholine rings is 1. The van der Waals surface area contributed by atoms with E-state index >= 15 is 0 Å². The number of hydrogen-bond acceptors (Lipinski definition) is 4. The van der Waals surface area contributed by atoms with Gasteiger partial charge >= 0.3 is 0 Å². The molecule has 0 N–H and O–H groups in total. The summed E-state index contributed by atoms with van der Waals surface area (Å²) in [5.41, 5.74) is 5.79. The number of aryl methyl sites for hydroxylation is 1. The molecule has 4 nitrogen and oxygen atoms in total. The zero-order chi connectivity index (χ0) is 24.5. The molecule has 0 saturated carbocycles. The lowest BCUT2D eigenvalue weighted by atomic mass is 10.1. The number of rotatable bonds is 4. The second kappa shape index (κ2) is 13.0. The largest absolute Gasteiger partial charge is 0.378 e. The Morgan fingerprint density at radius 3 is 2.18 bits per heavy atom. The molecule has 0 bridgehead atoms. The predicted octanol–water partition coefficient (Wildman–Crippen LogP) is 8.22. The molecule has 1 aliphatic heterocycles. The third-order valence-corrected chi connectivity index (χ3v) is 7.09. The summed E-state index contributed by atoms with van der Waals surface area (Å²) in [4.78, 5) is 8.25. The van der Waals surface area contributed by atoms with Crippen LogP contribution in [0, 0.1) is 6.92 Å². The van der Waals surface area contributed by atoms with E-state index in [0.29, 0.717) is 0 Å². The van der Waals surface area contributed by atoms with E-state index in [4.69, 9.17) is 4.74 Å². The van der Waals surface area contributed by atoms with Gasteiger partial charge in [-0.1, -0.05) is 57.5 Å². The summed E-state index contributed by atoms with van der Waals surface area (Å²) < 4.78 is 8.77. The lowest BCUT2D eigenvalue weighted by Crippen LogP contribution is -2.36. The molecule has 1 fully saturated rings. The molecule has 1 saturated heterocycles. The van der Waals surface area contributed by atoms with Crippen molar-refractivity contribution in [3.05, 3.63) is 76.9 Å². The quantitative estimate of drug-likeness (QED) is 0.261. The van der Waals surface area contributed by atoms with E-state index in [0.717, 1.165) is 47.5 Å². The van der Waals surface area contributed by atoms with Gasteiger partial charge in [0.05, 0.1) is 18.9 Å². The van der Waals surface area contributed by atoms with Gasteiger partial charge in [-0.15, -0.1) is 0 Å². The highest BCUT2D eigenvalue weighted by atomic mass is 79.9. The van der Waals surface area contributed by atoms with Gasteiger partial charge in [-0.3, -0.25) is 3.97 Å². The summed E-state index contributed by atoms with van der Waals surface area (Å²) in [6.07, 6.45) is 1.85. The molecule has 2 aromatic carbocycles. The molecule has 0 spiro atoms. The summed E-state index contributed by atoms with van der Waals surface area (Å²) in [6, 6.07) is 21.7. The molecule has 5 rings (SSSR count). The van der Waals surface area contributed by atoms with Crippen LogP contribution in [0.1, 0.15) is 33.3 Å². The van der Waals surface area contributed by atoms with Crippen LogP contribution in [0.15, 0.2) is 76.2 Å². The van der Waals surface area contributed by atoms with Crippen LogP contribution in [-0.2, 0) is 4.74 Å². The minimum absolute atomic E-state index is 0.795.